The van der Waals surface area contributed by atoms with Crippen molar-refractivity contribution in [2.75, 3.05) is 40.9 Å². The molecular formula is C18H27N3O4. The summed E-state index contributed by atoms with van der Waals surface area (Å²) in [5, 5.41) is 0. The van der Waals surface area contributed by atoms with Crippen LogP contribution < -0.4 is 15.2 Å². The van der Waals surface area contributed by atoms with Gasteiger partial charge in [-0.1, -0.05) is 6.07 Å². The minimum absolute atomic E-state index is 0.234. The minimum atomic E-state index is -0.881. The average molecular weight is 349 g/mol. The standard InChI is InChI=1S/C18H27N3O4/c1-20(14-5-4-9-21(12-14)18(23)17(19)22)10-8-13-6-7-15(24-2)16(11-13)25-3/h6-7,11,14H,4-5,8-10,12H2,1-3H3,(H2,19,22). The maximum atomic E-state index is 11.8. The summed E-state index contributed by atoms with van der Waals surface area (Å²) >= 11 is 0. The molecule has 0 bridgehead atoms. The third-order valence-corrected chi connectivity index (χ3v) is 4.72. The van der Waals surface area contributed by atoms with E-state index in [0.717, 1.165) is 37.1 Å². The Balaban J connectivity index is 1.92. The number of rotatable bonds is 6. The molecule has 2 amide bonds. The fraction of sp³-hybridized carbons (Fsp3) is 0.556. The van der Waals surface area contributed by atoms with Crippen LogP contribution >= 0.6 is 0 Å². The number of hydrogen-bond donors (Lipinski definition) is 1. The molecule has 25 heavy (non-hydrogen) atoms. The molecule has 1 aliphatic heterocycles. The number of piperidine rings is 1. The maximum Gasteiger partial charge on any atom is 0.311 e. The second kappa shape index (κ2) is 8.71. The van der Waals surface area contributed by atoms with Crippen LogP contribution in [-0.4, -0.2) is 68.6 Å². The Kier molecular flexibility index (Phi) is 6.64. The molecule has 1 aliphatic rings. The lowest BCUT2D eigenvalue weighted by Crippen LogP contribution is -2.51. The van der Waals surface area contributed by atoms with Crippen LogP contribution in [0.2, 0.25) is 0 Å². The molecule has 1 aromatic carbocycles. The number of primary amides is 1. The molecule has 1 heterocycles. The van der Waals surface area contributed by atoms with Gasteiger partial charge in [0.15, 0.2) is 11.5 Å². The van der Waals surface area contributed by atoms with Crippen LogP contribution in [0.1, 0.15) is 18.4 Å². The highest BCUT2D eigenvalue weighted by atomic mass is 16.5. The Morgan fingerprint density at radius 3 is 2.64 bits per heavy atom. The zero-order valence-electron chi connectivity index (χ0n) is 15.2. The van der Waals surface area contributed by atoms with Crippen LogP contribution in [0, 0.1) is 0 Å². The van der Waals surface area contributed by atoms with E-state index >= 15 is 0 Å². The summed E-state index contributed by atoms with van der Waals surface area (Å²) in [6.45, 7) is 1.99. The molecule has 0 saturated carbocycles. The Labute approximate surface area is 148 Å². The third-order valence-electron chi connectivity index (χ3n) is 4.72. The lowest BCUT2D eigenvalue weighted by Gasteiger charge is -2.37. The lowest BCUT2D eigenvalue weighted by atomic mass is 10.0. The Morgan fingerprint density at radius 2 is 2.00 bits per heavy atom. The van der Waals surface area contributed by atoms with Gasteiger partial charge in [-0.15, -0.1) is 0 Å². The van der Waals surface area contributed by atoms with Gasteiger partial charge in [-0.05, 0) is 44.0 Å². The molecule has 0 spiro atoms. The van der Waals surface area contributed by atoms with Crippen LogP contribution in [-0.2, 0) is 16.0 Å². The number of likely N-dealkylation sites (tertiary alicyclic amines) is 1. The van der Waals surface area contributed by atoms with E-state index in [4.69, 9.17) is 15.2 Å². The second-order valence-corrected chi connectivity index (χ2v) is 6.33. The van der Waals surface area contributed by atoms with Gasteiger partial charge in [0, 0.05) is 25.7 Å². The lowest BCUT2D eigenvalue weighted by molar-refractivity contribution is -0.145. The molecule has 1 fully saturated rings. The topological polar surface area (TPSA) is 85.1 Å². The summed E-state index contributed by atoms with van der Waals surface area (Å²) in [7, 11) is 5.29. The number of likely N-dealkylation sites (N-methyl/N-ethyl adjacent to an activating group) is 1. The second-order valence-electron chi connectivity index (χ2n) is 6.33. The van der Waals surface area contributed by atoms with E-state index in [9.17, 15) is 9.59 Å². The van der Waals surface area contributed by atoms with Crippen molar-refractivity contribution < 1.29 is 19.1 Å². The third kappa shape index (κ3) is 4.85. The van der Waals surface area contributed by atoms with Gasteiger partial charge in [0.2, 0.25) is 0 Å². The number of nitrogens with two attached hydrogens (primary N) is 1. The molecule has 0 aliphatic carbocycles. The van der Waals surface area contributed by atoms with Gasteiger partial charge >= 0.3 is 11.8 Å². The zero-order chi connectivity index (χ0) is 18.4. The monoisotopic (exact) mass is 349 g/mol. The van der Waals surface area contributed by atoms with E-state index in [-0.39, 0.29) is 6.04 Å². The normalized spacial score (nSPS) is 17.4. The van der Waals surface area contributed by atoms with Gasteiger partial charge in [-0.2, -0.15) is 0 Å². The van der Waals surface area contributed by atoms with Crippen molar-refractivity contribution in [1.82, 2.24) is 9.80 Å². The van der Waals surface area contributed by atoms with E-state index in [1.807, 2.05) is 25.2 Å². The highest BCUT2D eigenvalue weighted by molar-refractivity contribution is 6.34. The summed E-state index contributed by atoms with van der Waals surface area (Å²) in [6.07, 6.45) is 2.74. The van der Waals surface area contributed by atoms with Crippen molar-refractivity contribution in [2.45, 2.75) is 25.3 Å². The van der Waals surface area contributed by atoms with E-state index in [2.05, 4.69) is 4.90 Å². The highest BCUT2D eigenvalue weighted by Gasteiger charge is 2.28. The van der Waals surface area contributed by atoms with E-state index < -0.39 is 11.8 Å². The fourth-order valence-corrected chi connectivity index (χ4v) is 3.18. The number of methoxy groups -OCH3 is 2. The minimum Gasteiger partial charge on any atom is -0.493 e. The predicted octanol–water partition coefficient (Wildman–Crippen LogP) is 0.654. The van der Waals surface area contributed by atoms with E-state index in [0.29, 0.717) is 18.8 Å². The van der Waals surface area contributed by atoms with Gasteiger partial charge in [-0.3, -0.25) is 9.59 Å². The molecule has 1 atom stereocenters. The first-order chi connectivity index (χ1) is 12.0. The van der Waals surface area contributed by atoms with Crippen molar-refractivity contribution in [3.8, 4) is 11.5 Å². The Morgan fingerprint density at radius 1 is 1.28 bits per heavy atom. The molecule has 1 unspecified atom stereocenters. The molecular weight excluding hydrogens is 322 g/mol. The number of amides is 2. The fourth-order valence-electron chi connectivity index (χ4n) is 3.18. The first-order valence-electron chi connectivity index (χ1n) is 8.46. The van der Waals surface area contributed by atoms with Crippen LogP contribution in [0.4, 0.5) is 0 Å². The van der Waals surface area contributed by atoms with Crippen molar-refractivity contribution in [3.63, 3.8) is 0 Å². The summed E-state index contributed by atoms with van der Waals surface area (Å²) in [6, 6.07) is 6.15. The number of carbonyl (C=O) groups excluding carboxylic acids is 2. The van der Waals surface area contributed by atoms with Gasteiger partial charge in [0.1, 0.15) is 0 Å². The zero-order valence-corrected chi connectivity index (χ0v) is 15.2. The van der Waals surface area contributed by atoms with Crippen LogP contribution in [0.5, 0.6) is 11.5 Å². The van der Waals surface area contributed by atoms with Crippen LogP contribution in [0.3, 0.4) is 0 Å². The van der Waals surface area contributed by atoms with Gasteiger partial charge < -0.3 is 25.0 Å². The van der Waals surface area contributed by atoms with Gasteiger partial charge in [0.25, 0.3) is 0 Å². The molecule has 2 N–H and O–H groups in total. The summed E-state index contributed by atoms with van der Waals surface area (Å²) in [5.74, 6) is -0.0299. The highest BCUT2D eigenvalue weighted by Crippen LogP contribution is 2.27. The van der Waals surface area contributed by atoms with Crippen LogP contribution in [0.15, 0.2) is 18.2 Å². The molecule has 2 rings (SSSR count). The SMILES string of the molecule is COc1ccc(CCN(C)C2CCCN(C(=O)C(N)=O)C2)cc1OC. The van der Waals surface area contributed by atoms with Crippen LogP contribution in [0.25, 0.3) is 0 Å². The quantitative estimate of drug-likeness (QED) is 0.763. The summed E-state index contributed by atoms with van der Waals surface area (Å²) < 4.78 is 10.6. The number of benzene rings is 1. The molecule has 138 valence electrons. The first-order valence-corrected chi connectivity index (χ1v) is 8.46. The number of carbonyl (C=O) groups is 2. The molecule has 7 nitrogen and oxygen atoms in total. The van der Waals surface area contributed by atoms with Gasteiger partial charge in [-0.25, -0.2) is 0 Å². The summed E-state index contributed by atoms with van der Waals surface area (Å²) in [5.41, 5.74) is 6.27. The van der Waals surface area contributed by atoms with E-state index in [1.54, 1.807) is 19.1 Å². The summed E-state index contributed by atoms with van der Waals surface area (Å²) in [4.78, 5) is 26.7. The predicted molar refractivity (Wildman–Crippen MR) is 94.7 cm³/mol. The number of nitrogens with zero attached hydrogens (tertiary/aromatic N) is 2. The molecule has 0 radical (unpaired) electrons. The van der Waals surface area contributed by atoms with E-state index in [1.165, 1.54) is 0 Å². The first kappa shape index (κ1) is 19.1. The Hall–Kier alpha value is -2.28. The number of hydrogen-bond acceptors (Lipinski definition) is 5. The van der Waals surface area contributed by atoms with Crippen molar-refractivity contribution in [3.05, 3.63) is 23.8 Å². The largest absolute Gasteiger partial charge is 0.493 e. The molecule has 0 aromatic heterocycles. The maximum absolute atomic E-state index is 11.8. The van der Waals surface area contributed by atoms with Crippen molar-refractivity contribution >= 4 is 11.8 Å². The molecule has 1 aromatic rings. The molecule has 7 heteroatoms. The Bertz CT molecular complexity index is 620. The van der Waals surface area contributed by atoms with Gasteiger partial charge in [0.05, 0.1) is 14.2 Å². The van der Waals surface area contributed by atoms with Crippen molar-refractivity contribution in [1.29, 1.82) is 0 Å². The van der Waals surface area contributed by atoms with Crippen molar-refractivity contribution in [2.24, 2.45) is 5.73 Å². The number of ether oxygens (including phenoxy) is 2. The average Bonchev–Trinajstić information content (AvgIpc) is 2.65. The molecule has 1 saturated heterocycles. The smallest absolute Gasteiger partial charge is 0.311 e.